The molecular formula is C9H10N4. The second-order valence-electron chi connectivity index (χ2n) is 2.17. The van der Waals surface area contributed by atoms with Crippen LogP contribution in [0, 0.1) is 0 Å². The molecule has 0 aliphatic rings. The zero-order valence-corrected chi connectivity index (χ0v) is 7.09. The molecule has 0 amide bonds. The van der Waals surface area contributed by atoms with E-state index in [0.717, 1.165) is 0 Å². The van der Waals surface area contributed by atoms with E-state index in [9.17, 15) is 0 Å². The highest BCUT2D eigenvalue weighted by Gasteiger charge is 1.75. The Labute approximate surface area is 76.3 Å². The van der Waals surface area contributed by atoms with Gasteiger partial charge in [-0.05, 0) is 5.56 Å². The molecule has 1 aromatic carbocycles. The van der Waals surface area contributed by atoms with Crippen molar-refractivity contribution in [2.45, 2.75) is 0 Å². The van der Waals surface area contributed by atoms with E-state index >= 15 is 0 Å². The van der Waals surface area contributed by atoms with Crippen LogP contribution in [0.3, 0.4) is 0 Å². The Bertz CT molecular complexity index is 297. The van der Waals surface area contributed by atoms with Gasteiger partial charge in [-0.25, -0.2) is 0 Å². The number of hydrogen-bond acceptors (Lipinski definition) is 3. The maximum absolute atomic E-state index is 3.63. The zero-order valence-electron chi connectivity index (χ0n) is 7.09. The van der Waals surface area contributed by atoms with E-state index in [1.807, 2.05) is 36.4 Å². The quantitative estimate of drug-likeness (QED) is 0.713. The first kappa shape index (κ1) is 9.12. The zero-order chi connectivity index (χ0) is 9.36. The van der Waals surface area contributed by atoms with Gasteiger partial charge >= 0.3 is 0 Å². The molecule has 0 saturated carbocycles. The Balaban J connectivity index is 0.000000145. The van der Waals surface area contributed by atoms with Crippen molar-refractivity contribution in [1.29, 1.82) is 0 Å². The van der Waals surface area contributed by atoms with Crippen LogP contribution < -0.4 is 0 Å². The Kier molecular flexibility index (Phi) is 3.96. The van der Waals surface area contributed by atoms with E-state index in [4.69, 9.17) is 0 Å². The first-order valence-electron chi connectivity index (χ1n) is 3.77. The predicted molar refractivity (Wildman–Crippen MR) is 50.7 cm³/mol. The normalized spacial score (nSPS) is 8.31. The summed E-state index contributed by atoms with van der Waals surface area (Å²) in [6.45, 7) is 3.63. The minimum absolute atomic E-state index is 1.17. The molecule has 1 N–H and O–H groups in total. The molecule has 0 spiro atoms. The van der Waals surface area contributed by atoms with Crippen LogP contribution in [0.5, 0.6) is 0 Å². The monoisotopic (exact) mass is 174 g/mol. The number of tetrazole rings is 1. The summed E-state index contributed by atoms with van der Waals surface area (Å²) in [6, 6.07) is 10.0. The molecule has 0 aliphatic carbocycles. The van der Waals surface area contributed by atoms with Crippen LogP contribution in [0.4, 0.5) is 0 Å². The molecular weight excluding hydrogens is 164 g/mol. The van der Waals surface area contributed by atoms with Crippen molar-refractivity contribution >= 4 is 6.08 Å². The van der Waals surface area contributed by atoms with Crippen LogP contribution in [0.2, 0.25) is 0 Å². The Morgan fingerprint density at radius 2 is 2.00 bits per heavy atom. The van der Waals surface area contributed by atoms with Crippen molar-refractivity contribution < 1.29 is 0 Å². The first-order valence-corrected chi connectivity index (χ1v) is 3.77. The van der Waals surface area contributed by atoms with Gasteiger partial charge in [-0.3, -0.25) is 0 Å². The van der Waals surface area contributed by atoms with E-state index in [-0.39, 0.29) is 0 Å². The predicted octanol–water partition coefficient (Wildman–Crippen LogP) is 1.53. The highest BCUT2D eigenvalue weighted by Crippen LogP contribution is 1.97. The van der Waals surface area contributed by atoms with Crippen LogP contribution in [-0.4, -0.2) is 20.6 Å². The number of aromatic nitrogens is 4. The number of benzene rings is 1. The number of H-pyrrole nitrogens is 1. The van der Waals surface area contributed by atoms with Crippen LogP contribution in [0.25, 0.3) is 6.08 Å². The fourth-order valence-corrected chi connectivity index (χ4v) is 0.718. The van der Waals surface area contributed by atoms with E-state index < -0.39 is 0 Å². The van der Waals surface area contributed by atoms with E-state index in [1.165, 1.54) is 11.9 Å². The number of nitrogens with one attached hydrogen (secondary N) is 1. The summed E-state index contributed by atoms with van der Waals surface area (Å²) in [4.78, 5) is 0. The largest absolute Gasteiger partial charge is 0.177 e. The van der Waals surface area contributed by atoms with Gasteiger partial charge in [-0.15, -0.1) is 10.2 Å². The molecule has 0 unspecified atom stereocenters. The third kappa shape index (κ3) is 3.81. The van der Waals surface area contributed by atoms with Crippen LogP contribution in [0.1, 0.15) is 5.56 Å². The van der Waals surface area contributed by atoms with Gasteiger partial charge in [0.2, 0.25) is 0 Å². The van der Waals surface area contributed by atoms with E-state index in [2.05, 4.69) is 27.2 Å². The number of nitrogens with zero attached hydrogens (tertiary/aromatic N) is 3. The first-order chi connectivity index (χ1) is 6.43. The molecule has 2 aromatic rings. The molecule has 13 heavy (non-hydrogen) atoms. The fraction of sp³-hybridized carbons (Fsp3) is 0. The molecule has 1 aromatic heterocycles. The number of hydrogen-bond donors (Lipinski definition) is 1. The van der Waals surface area contributed by atoms with Gasteiger partial charge in [0.05, 0.1) is 0 Å². The summed E-state index contributed by atoms with van der Waals surface area (Å²) in [7, 11) is 0. The van der Waals surface area contributed by atoms with Crippen LogP contribution in [-0.2, 0) is 0 Å². The summed E-state index contributed by atoms with van der Waals surface area (Å²) in [5.41, 5.74) is 1.17. The molecule has 0 saturated heterocycles. The summed E-state index contributed by atoms with van der Waals surface area (Å²) in [5, 5.41) is 12.2. The van der Waals surface area contributed by atoms with E-state index in [1.54, 1.807) is 0 Å². The molecule has 1 heterocycles. The second-order valence-corrected chi connectivity index (χ2v) is 2.17. The molecule has 4 heteroatoms. The summed E-state index contributed by atoms with van der Waals surface area (Å²) in [6.07, 6.45) is 3.17. The number of rotatable bonds is 1. The third-order valence-electron chi connectivity index (χ3n) is 1.30. The van der Waals surface area contributed by atoms with Gasteiger partial charge in [0.1, 0.15) is 0 Å². The Hall–Kier alpha value is -1.97. The molecule has 0 fully saturated rings. The van der Waals surface area contributed by atoms with Crippen molar-refractivity contribution in [3.63, 3.8) is 0 Å². The highest BCUT2D eigenvalue weighted by atomic mass is 15.5. The van der Waals surface area contributed by atoms with Gasteiger partial charge in [-0.2, -0.15) is 5.21 Å². The van der Waals surface area contributed by atoms with Crippen LogP contribution in [0.15, 0.2) is 43.2 Å². The molecule has 66 valence electrons. The lowest BCUT2D eigenvalue weighted by atomic mass is 10.2. The van der Waals surface area contributed by atoms with Crippen molar-refractivity contribution in [1.82, 2.24) is 20.6 Å². The minimum atomic E-state index is 1.17. The maximum Gasteiger partial charge on any atom is 0.161 e. The van der Waals surface area contributed by atoms with Gasteiger partial charge < -0.3 is 0 Å². The van der Waals surface area contributed by atoms with Crippen molar-refractivity contribution in [2.75, 3.05) is 0 Å². The molecule has 2 rings (SSSR count). The van der Waals surface area contributed by atoms with Gasteiger partial charge in [0.25, 0.3) is 0 Å². The topological polar surface area (TPSA) is 54.5 Å². The van der Waals surface area contributed by atoms with Crippen molar-refractivity contribution in [3.05, 3.63) is 48.8 Å². The molecule has 0 aliphatic heterocycles. The average Bonchev–Trinajstić information content (AvgIpc) is 2.77. The van der Waals surface area contributed by atoms with E-state index in [0.29, 0.717) is 0 Å². The standard InChI is InChI=1S/C8H8.CH2N4/c1-2-8-6-4-3-5-7-8;1-2-4-5-3-1/h2-7H,1H2;1H,(H,2,3,4,5). The highest BCUT2D eigenvalue weighted by molar-refractivity contribution is 5.45. The summed E-state index contributed by atoms with van der Waals surface area (Å²) < 4.78 is 0. The van der Waals surface area contributed by atoms with Gasteiger partial charge in [0, 0.05) is 0 Å². The lowest BCUT2D eigenvalue weighted by Crippen LogP contribution is -1.64. The lowest BCUT2D eigenvalue weighted by Gasteiger charge is -1.85. The van der Waals surface area contributed by atoms with Crippen molar-refractivity contribution in [2.24, 2.45) is 0 Å². The van der Waals surface area contributed by atoms with Crippen LogP contribution >= 0.6 is 0 Å². The summed E-state index contributed by atoms with van der Waals surface area (Å²) >= 11 is 0. The lowest BCUT2D eigenvalue weighted by molar-refractivity contribution is 0.881. The maximum atomic E-state index is 3.63. The second kappa shape index (κ2) is 5.65. The molecule has 4 nitrogen and oxygen atoms in total. The molecule has 0 radical (unpaired) electrons. The Morgan fingerprint density at radius 3 is 2.31 bits per heavy atom. The molecule has 0 atom stereocenters. The van der Waals surface area contributed by atoms with Crippen molar-refractivity contribution in [3.8, 4) is 0 Å². The van der Waals surface area contributed by atoms with Gasteiger partial charge in [0.15, 0.2) is 6.33 Å². The third-order valence-corrected chi connectivity index (χ3v) is 1.30. The smallest absolute Gasteiger partial charge is 0.161 e. The SMILES string of the molecule is C=Cc1ccccc1.c1nn[nH]n1. The number of aromatic amines is 1. The molecule has 0 bridgehead atoms. The van der Waals surface area contributed by atoms with Gasteiger partial charge in [-0.1, -0.05) is 48.2 Å². The summed E-state index contributed by atoms with van der Waals surface area (Å²) in [5.74, 6) is 0. The minimum Gasteiger partial charge on any atom is -0.177 e. The fourth-order valence-electron chi connectivity index (χ4n) is 0.718. The Morgan fingerprint density at radius 1 is 1.23 bits per heavy atom. The average molecular weight is 174 g/mol.